The molecule has 1 aliphatic heterocycles. The van der Waals surface area contributed by atoms with Crippen LogP contribution in [0.1, 0.15) is 18.5 Å². The van der Waals surface area contributed by atoms with Gasteiger partial charge in [0.25, 0.3) is 0 Å². The van der Waals surface area contributed by atoms with Crippen LogP contribution in [-0.2, 0) is 0 Å². The molecule has 1 aliphatic carbocycles. The highest BCUT2D eigenvalue weighted by Crippen LogP contribution is 2.55. The Kier molecular flexibility index (Phi) is 7.78. The fraction of sp³-hybridized carbons (Fsp3) is 0.0625. The van der Waals surface area contributed by atoms with E-state index in [1.807, 2.05) is 30.5 Å². The SMILES string of the molecule is C=C/C=C\C=C(/N)C1=CC(c2ccccn2)C(C)C(N2c3ccccc3-c3c(n(-c4ccc5ccccc5c4)c4ccccc34)-c3ccccc32)=C1. The maximum absolute atomic E-state index is 6.85. The number of pyridine rings is 1. The highest BCUT2D eigenvalue weighted by molar-refractivity contribution is 6.12. The highest BCUT2D eigenvalue weighted by atomic mass is 15.2. The molecule has 7 aromatic rings. The molecule has 2 atom stereocenters. The van der Waals surface area contributed by atoms with Crippen molar-refractivity contribution < 1.29 is 0 Å². The number of nitrogens with zero attached hydrogens (tertiary/aromatic N) is 3. The van der Waals surface area contributed by atoms with E-state index in [-0.39, 0.29) is 11.8 Å². The third-order valence-corrected chi connectivity index (χ3v) is 10.5. The van der Waals surface area contributed by atoms with E-state index in [1.165, 1.54) is 38.5 Å². The minimum Gasteiger partial charge on any atom is -0.398 e. The maximum atomic E-state index is 6.85. The topological polar surface area (TPSA) is 47.1 Å². The molecular weight excluding hydrogens is 633 g/mol. The Balaban J connectivity index is 1.34. The zero-order valence-electron chi connectivity index (χ0n) is 29.0. The molecule has 52 heavy (non-hydrogen) atoms. The number of para-hydroxylation sites is 3. The number of hydrogen-bond donors (Lipinski definition) is 1. The number of rotatable bonds is 6. The molecule has 250 valence electrons. The summed E-state index contributed by atoms with van der Waals surface area (Å²) in [6.07, 6.45) is 14.0. The number of nitrogens with two attached hydrogens (primary N) is 1. The summed E-state index contributed by atoms with van der Waals surface area (Å²) < 4.78 is 2.46. The van der Waals surface area contributed by atoms with Crippen molar-refractivity contribution >= 4 is 33.1 Å². The molecule has 5 aromatic carbocycles. The van der Waals surface area contributed by atoms with Crippen LogP contribution in [0.25, 0.3) is 49.7 Å². The summed E-state index contributed by atoms with van der Waals surface area (Å²) in [5, 5.41) is 3.65. The predicted octanol–water partition coefficient (Wildman–Crippen LogP) is 11.8. The predicted molar refractivity (Wildman–Crippen MR) is 218 cm³/mol. The molecule has 0 bridgehead atoms. The lowest BCUT2D eigenvalue weighted by Crippen LogP contribution is -2.28. The third-order valence-electron chi connectivity index (χ3n) is 10.5. The number of fused-ring (bicyclic) bond motifs is 8. The zero-order chi connectivity index (χ0) is 35.2. The van der Waals surface area contributed by atoms with Crippen LogP contribution < -0.4 is 10.6 Å². The summed E-state index contributed by atoms with van der Waals surface area (Å²) >= 11 is 0. The van der Waals surface area contributed by atoms with Crippen molar-refractivity contribution in [3.8, 4) is 28.1 Å². The summed E-state index contributed by atoms with van der Waals surface area (Å²) in [4.78, 5) is 7.33. The van der Waals surface area contributed by atoms with Crippen molar-refractivity contribution in [2.75, 3.05) is 4.90 Å². The molecule has 0 radical (unpaired) electrons. The van der Waals surface area contributed by atoms with E-state index < -0.39 is 0 Å². The maximum Gasteiger partial charge on any atom is 0.0641 e. The lowest BCUT2D eigenvalue weighted by atomic mass is 9.80. The molecule has 0 fully saturated rings. The monoisotopic (exact) mass is 670 g/mol. The second-order valence-electron chi connectivity index (χ2n) is 13.5. The Morgan fingerprint density at radius 2 is 1.46 bits per heavy atom. The highest BCUT2D eigenvalue weighted by Gasteiger charge is 2.36. The van der Waals surface area contributed by atoms with Gasteiger partial charge in [-0.25, -0.2) is 0 Å². The minimum absolute atomic E-state index is 0.00346. The molecule has 0 saturated carbocycles. The summed E-state index contributed by atoms with van der Waals surface area (Å²) in [6, 6.07) is 48.0. The van der Waals surface area contributed by atoms with Crippen molar-refractivity contribution in [3.63, 3.8) is 0 Å². The zero-order valence-corrected chi connectivity index (χ0v) is 29.0. The Morgan fingerprint density at radius 1 is 0.750 bits per heavy atom. The van der Waals surface area contributed by atoms with E-state index in [4.69, 9.17) is 10.7 Å². The van der Waals surface area contributed by atoms with E-state index in [9.17, 15) is 0 Å². The second-order valence-corrected chi connectivity index (χ2v) is 13.5. The van der Waals surface area contributed by atoms with Crippen LogP contribution in [0.15, 0.2) is 200 Å². The van der Waals surface area contributed by atoms with Gasteiger partial charge in [-0.3, -0.25) is 4.98 Å². The van der Waals surface area contributed by atoms with E-state index in [2.05, 4.69) is 163 Å². The molecular formula is C48H38N4. The molecule has 0 saturated heterocycles. The molecule has 0 amide bonds. The summed E-state index contributed by atoms with van der Waals surface area (Å²) in [6.45, 7) is 6.14. The second kappa shape index (κ2) is 12.9. The third kappa shape index (κ3) is 5.11. The Morgan fingerprint density at radius 3 is 2.27 bits per heavy atom. The van der Waals surface area contributed by atoms with E-state index in [1.54, 1.807) is 6.08 Å². The molecule has 4 nitrogen and oxygen atoms in total. The van der Waals surface area contributed by atoms with Gasteiger partial charge in [-0.2, -0.15) is 0 Å². The first-order valence-corrected chi connectivity index (χ1v) is 17.8. The Labute approximate surface area is 304 Å². The van der Waals surface area contributed by atoms with E-state index in [0.717, 1.165) is 39.6 Å². The fourth-order valence-electron chi connectivity index (χ4n) is 8.07. The number of anilines is 2. The largest absolute Gasteiger partial charge is 0.398 e. The molecule has 2 unspecified atom stereocenters. The number of aromatic nitrogens is 2. The van der Waals surface area contributed by atoms with E-state index in [0.29, 0.717) is 5.70 Å². The van der Waals surface area contributed by atoms with Crippen LogP contribution in [0, 0.1) is 5.92 Å². The summed E-state index contributed by atoms with van der Waals surface area (Å²) in [7, 11) is 0. The van der Waals surface area contributed by atoms with Gasteiger partial charge in [-0.05, 0) is 71.0 Å². The van der Waals surface area contributed by atoms with Crippen LogP contribution in [0.5, 0.6) is 0 Å². The minimum atomic E-state index is 0.00346. The molecule has 2 aliphatic rings. The van der Waals surface area contributed by atoms with E-state index >= 15 is 0 Å². The van der Waals surface area contributed by atoms with Gasteiger partial charge in [0, 0.05) is 62.9 Å². The molecule has 4 heteroatoms. The van der Waals surface area contributed by atoms with Gasteiger partial charge in [0.2, 0.25) is 0 Å². The van der Waals surface area contributed by atoms with Gasteiger partial charge in [0.15, 0.2) is 0 Å². The number of hydrogen-bond acceptors (Lipinski definition) is 3. The quantitative estimate of drug-likeness (QED) is 0.179. The standard InChI is InChI=1S/C48H38N4/c1-3-4-5-21-41(49)35-30-40(42-22-14-15-28-50-42)32(2)46(31-35)52-44-24-12-9-19-38(44)47-37-18-8-11-23-43(37)51(48(47)39-20-10-13-25-45(39)52)36-27-26-33-16-6-7-17-34(33)29-36/h3-32,40H,1,49H2,2H3/b5-4-,41-21-. The fourth-order valence-corrected chi connectivity index (χ4v) is 8.07. The van der Waals surface area contributed by atoms with Crippen molar-refractivity contribution in [2.24, 2.45) is 11.7 Å². The molecule has 2 N–H and O–H groups in total. The molecule has 3 heterocycles. The summed E-state index contributed by atoms with van der Waals surface area (Å²) in [5.41, 5.74) is 20.0. The van der Waals surface area contributed by atoms with Gasteiger partial charge >= 0.3 is 0 Å². The molecule has 0 spiro atoms. The Hall–Kier alpha value is -6.65. The van der Waals surface area contributed by atoms with Gasteiger partial charge in [0.1, 0.15) is 0 Å². The van der Waals surface area contributed by atoms with Gasteiger partial charge < -0.3 is 15.2 Å². The van der Waals surface area contributed by atoms with Crippen molar-refractivity contribution in [3.05, 3.63) is 205 Å². The average molecular weight is 671 g/mol. The van der Waals surface area contributed by atoms with Gasteiger partial charge in [-0.15, -0.1) is 0 Å². The van der Waals surface area contributed by atoms with Crippen molar-refractivity contribution in [1.29, 1.82) is 0 Å². The normalized spacial score (nSPS) is 16.9. The van der Waals surface area contributed by atoms with Gasteiger partial charge in [-0.1, -0.05) is 129 Å². The molecule has 2 aromatic heterocycles. The average Bonchev–Trinajstić information content (AvgIpc) is 3.48. The van der Waals surface area contributed by atoms with Crippen LogP contribution in [0.4, 0.5) is 11.4 Å². The first-order valence-electron chi connectivity index (χ1n) is 17.8. The first-order chi connectivity index (χ1) is 25.6. The lowest BCUT2D eigenvalue weighted by Gasteiger charge is -2.37. The Bertz CT molecular complexity index is 2630. The summed E-state index contributed by atoms with van der Waals surface area (Å²) in [5.74, 6) is 0.0804. The van der Waals surface area contributed by atoms with Crippen LogP contribution in [0.3, 0.4) is 0 Å². The van der Waals surface area contributed by atoms with Gasteiger partial charge in [0.05, 0.1) is 22.6 Å². The van der Waals surface area contributed by atoms with Crippen LogP contribution >= 0.6 is 0 Å². The van der Waals surface area contributed by atoms with Crippen molar-refractivity contribution in [2.45, 2.75) is 12.8 Å². The molecule has 9 rings (SSSR count). The smallest absolute Gasteiger partial charge is 0.0641 e. The lowest BCUT2D eigenvalue weighted by molar-refractivity contribution is 0.572. The first kappa shape index (κ1) is 31.3. The number of allylic oxidation sites excluding steroid dienone is 7. The van der Waals surface area contributed by atoms with Crippen LogP contribution in [0.2, 0.25) is 0 Å². The van der Waals surface area contributed by atoms with Crippen LogP contribution in [-0.4, -0.2) is 9.55 Å². The van der Waals surface area contributed by atoms with Crippen molar-refractivity contribution in [1.82, 2.24) is 9.55 Å². The number of benzene rings is 5.